The van der Waals surface area contributed by atoms with E-state index < -0.39 is 4.92 Å². The number of aromatic nitrogens is 2. The van der Waals surface area contributed by atoms with Crippen LogP contribution in [0.2, 0.25) is 0 Å². The first-order valence-corrected chi connectivity index (χ1v) is 11.3. The quantitative estimate of drug-likeness (QED) is 0.193. The Hall–Kier alpha value is -4.38. The van der Waals surface area contributed by atoms with Crippen LogP contribution in [-0.2, 0) is 4.79 Å². The van der Waals surface area contributed by atoms with Crippen molar-refractivity contribution in [3.05, 3.63) is 76.8 Å². The second-order valence-corrected chi connectivity index (χ2v) is 8.09. The second-order valence-electron chi connectivity index (χ2n) is 7.16. The molecule has 0 bridgehead atoms. The number of ether oxygens (including phenoxy) is 2. The molecule has 4 aromatic rings. The largest absolute Gasteiger partial charge is 0.493 e. The first-order valence-electron chi connectivity index (χ1n) is 10.3. The number of amides is 1. The molecule has 0 unspecified atom stereocenters. The molecule has 0 aliphatic carbocycles. The molecule has 0 atom stereocenters. The summed E-state index contributed by atoms with van der Waals surface area (Å²) in [6.45, 7) is 0. The number of carbonyl (C=O) groups excluding carboxylic acids is 1. The molecule has 11 heteroatoms. The third kappa shape index (κ3) is 5.76. The van der Waals surface area contributed by atoms with Crippen LogP contribution in [0, 0.1) is 10.1 Å². The fourth-order valence-corrected chi connectivity index (χ4v) is 3.76. The number of carbonyl (C=O) groups is 1. The van der Waals surface area contributed by atoms with Gasteiger partial charge in [0.15, 0.2) is 11.5 Å². The maximum absolute atomic E-state index is 12.4. The number of methoxy groups -OCH3 is 2. The Morgan fingerprint density at radius 1 is 0.943 bits per heavy atom. The van der Waals surface area contributed by atoms with E-state index in [0.29, 0.717) is 28.6 Å². The van der Waals surface area contributed by atoms with Crippen LogP contribution in [0.4, 0.5) is 11.4 Å². The standard InChI is InChI=1S/C24H20N4O6S/c1-32-20-12-7-17(13-21(20)33-2)23-26-27-24(34-23)35-14-22(29)25-18-8-3-15(4-9-18)16-5-10-19(11-6-16)28(30)31/h3-13H,14H2,1-2H3,(H,25,29). The van der Waals surface area contributed by atoms with Crippen molar-refractivity contribution in [2.24, 2.45) is 0 Å². The molecule has 0 radical (unpaired) electrons. The molecule has 4 rings (SSSR count). The van der Waals surface area contributed by atoms with Gasteiger partial charge in [-0.05, 0) is 53.6 Å². The van der Waals surface area contributed by atoms with E-state index in [2.05, 4.69) is 15.5 Å². The predicted molar refractivity (Wildman–Crippen MR) is 131 cm³/mol. The van der Waals surface area contributed by atoms with Gasteiger partial charge in [0.25, 0.3) is 10.9 Å². The van der Waals surface area contributed by atoms with Gasteiger partial charge in [-0.1, -0.05) is 23.9 Å². The number of rotatable bonds is 9. The summed E-state index contributed by atoms with van der Waals surface area (Å²) in [4.78, 5) is 22.7. The number of nitro benzene ring substituents is 1. The van der Waals surface area contributed by atoms with Crippen molar-refractivity contribution in [1.82, 2.24) is 10.2 Å². The third-order valence-electron chi connectivity index (χ3n) is 4.94. The first kappa shape index (κ1) is 23.8. The highest BCUT2D eigenvalue weighted by Gasteiger charge is 2.14. The summed E-state index contributed by atoms with van der Waals surface area (Å²) in [6, 6.07) is 18.7. The van der Waals surface area contributed by atoms with Crippen molar-refractivity contribution in [1.29, 1.82) is 0 Å². The normalized spacial score (nSPS) is 10.6. The molecule has 0 spiro atoms. The minimum absolute atomic E-state index is 0.0345. The van der Waals surface area contributed by atoms with Crippen molar-refractivity contribution >= 4 is 29.0 Å². The third-order valence-corrected chi connectivity index (χ3v) is 5.76. The zero-order valence-corrected chi connectivity index (χ0v) is 19.6. The molecule has 10 nitrogen and oxygen atoms in total. The Kier molecular flexibility index (Phi) is 7.27. The Balaban J connectivity index is 1.33. The van der Waals surface area contributed by atoms with Gasteiger partial charge in [0.2, 0.25) is 11.8 Å². The fraction of sp³-hybridized carbons (Fsp3) is 0.125. The number of nitrogens with zero attached hydrogens (tertiary/aromatic N) is 3. The number of nitrogens with one attached hydrogen (secondary N) is 1. The molecule has 1 heterocycles. The summed E-state index contributed by atoms with van der Waals surface area (Å²) in [6.07, 6.45) is 0. The van der Waals surface area contributed by atoms with E-state index in [0.717, 1.165) is 22.9 Å². The summed E-state index contributed by atoms with van der Waals surface area (Å²) < 4.78 is 16.2. The summed E-state index contributed by atoms with van der Waals surface area (Å²) >= 11 is 1.12. The topological polar surface area (TPSA) is 130 Å². The smallest absolute Gasteiger partial charge is 0.277 e. The molecule has 1 N–H and O–H groups in total. The molecule has 0 fully saturated rings. The van der Waals surface area contributed by atoms with Crippen molar-refractivity contribution < 1.29 is 23.6 Å². The van der Waals surface area contributed by atoms with Crippen LogP contribution in [0.1, 0.15) is 0 Å². The summed E-state index contributed by atoms with van der Waals surface area (Å²) in [5.41, 5.74) is 3.04. The Bertz CT molecular complexity index is 1340. The van der Waals surface area contributed by atoms with Crippen molar-refractivity contribution in [2.75, 3.05) is 25.3 Å². The SMILES string of the molecule is COc1ccc(-c2nnc(SCC(=O)Nc3ccc(-c4ccc([N+](=O)[O-])cc4)cc3)o2)cc1OC. The average Bonchev–Trinajstić information content (AvgIpc) is 3.37. The number of thioether (sulfide) groups is 1. The number of nitro groups is 1. The van der Waals surface area contributed by atoms with Crippen LogP contribution in [0.15, 0.2) is 76.4 Å². The molecule has 0 saturated heterocycles. The summed E-state index contributed by atoms with van der Waals surface area (Å²) in [7, 11) is 3.09. The molecule has 1 aromatic heterocycles. The van der Waals surface area contributed by atoms with E-state index in [-0.39, 0.29) is 22.6 Å². The first-order chi connectivity index (χ1) is 17.0. The molecule has 0 aliphatic rings. The van der Waals surface area contributed by atoms with Crippen LogP contribution in [0.5, 0.6) is 11.5 Å². The van der Waals surface area contributed by atoms with Crippen molar-refractivity contribution in [2.45, 2.75) is 5.22 Å². The van der Waals surface area contributed by atoms with Crippen LogP contribution in [-0.4, -0.2) is 41.0 Å². The molecule has 35 heavy (non-hydrogen) atoms. The second kappa shape index (κ2) is 10.7. The molecule has 178 valence electrons. The molecule has 3 aromatic carbocycles. The fourth-order valence-electron chi connectivity index (χ4n) is 3.20. The van der Waals surface area contributed by atoms with Gasteiger partial charge in [-0.15, -0.1) is 10.2 Å². The average molecular weight is 493 g/mol. The Morgan fingerprint density at radius 2 is 1.57 bits per heavy atom. The van der Waals surface area contributed by atoms with Gasteiger partial charge in [-0.25, -0.2) is 0 Å². The van der Waals surface area contributed by atoms with Crippen molar-refractivity contribution in [3.8, 4) is 34.1 Å². The highest BCUT2D eigenvalue weighted by molar-refractivity contribution is 7.99. The van der Waals surface area contributed by atoms with Crippen LogP contribution in [0.3, 0.4) is 0 Å². The van der Waals surface area contributed by atoms with Gasteiger partial charge in [-0.2, -0.15) is 0 Å². The highest BCUT2D eigenvalue weighted by atomic mass is 32.2. The summed E-state index contributed by atoms with van der Waals surface area (Å²) in [5, 5.41) is 21.9. The minimum Gasteiger partial charge on any atom is -0.493 e. The molecular formula is C24H20N4O6S. The maximum atomic E-state index is 12.4. The van der Waals surface area contributed by atoms with Crippen LogP contribution in [0.25, 0.3) is 22.6 Å². The lowest BCUT2D eigenvalue weighted by Gasteiger charge is -2.07. The Labute approximate surface area is 204 Å². The van der Waals surface area contributed by atoms with E-state index >= 15 is 0 Å². The molecule has 0 aliphatic heterocycles. The molecule has 0 saturated carbocycles. The van der Waals surface area contributed by atoms with E-state index in [1.807, 2.05) is 12.1 Å². The van der Waals surface area contributed by atoms with Crippen molar-refractivity contribution in [3.63, 3.8) is 0 Å². The zero-order valence-electron chi connectivity index (χ0n) is 18.8. The zero-order chi connectivity index (χ0) is 24.8. The minimum atomic E-state index is -0.439. The maximum Gasteiger partial charge on any atom is 0.277 e. The number of non-ortho nitro benzene ring substituents is 1. The van der Waals surface area contributed by atoms with Crippen LogP contribution >= 0.6 is 11.8 Å². The van der Waals surface area contributed by atoms with Gasteiger partial charge >= 0.3 is 0 Å². The van der Waals surface area contributed by atoms with E-state index in [1.54, 1.807) is 56.7 Å². The number of hydrogen-bond acceptors (Lipinski definition) is 9. The number of hydrogen-bond donors (Lipinski definition) is 1. The predicted octanol–water partition coefficient (Wildman–Crippen LogP) is 5.06. The van der Waals surface area contributed by atoms with E-state index in [9.17, 15) is 14.9 Å². The lowest BCUT2D eigenvalue weighted by atomic mass is 10.1. The number of anilines is 1. The van der Waals surface area contributed by atoms with Gasteiger partial charge in [0.1, 0.15) is 0 Å². The van der Waals surface area contributed by atoms with Crippen LogP contribution < -0.4 is 14.8 Å². The molecular weight excluding hydrogens is 472 g/mol. The van der Waals surface area contributed by atoms with E-state index in [1.165, 1.54) is 12.1 Å². The lowest BCUT2D eigenvalue weighted by Crippen LogP contribution is -2.13. The monoisotopic (exact) mass is 492 g/mol. The van der Waals surface area contributed by atoms with Gasteiger partial charge in [0, 0.05) is 23.4 Å². The van der Waals surface area contributed by atoms with Gasteiger partial charge in [-0.3, -0.25) is 14.9 Å². The number of benzene rings is 3. The van der Waals surface area contributed by atoms with E-state index in [4.69, 9.17) is 13.9 Å². The highest BCUT2D eigenvalue weighted by Crippen LogP contribution is 2.32. The summed E-state index contributed by atoms with van der Waals surface area (Å²) in [5.74, 6) is 1.27. The van der Waals surface area contributed by atoms with Gasteiger partial charge < -0.3 is 19.2 Å². The molecule has 1 amide bonds. The lowest BCUT2D eigenvalue weighted by molar-refractivity contribution is -0.384. The van der Waals surface area contributed by atoms with Gasteiger partial charge in [0.05, 0.1) is 24.9 Å². The Morgan fingerprint density at radius 3 is 2.20 bits per heavy atom.